The summed E-state index contributed by atoms with van der Waals surface area (Å²) < 4.78 is 24.2. The molecule has 0 radical (unpaired) electrons. The van der Waals surface area contributed by atoms with Gasteiger partial charge in [-0.3, -0.25) is 14.6 Å². The van der Waals surface area contributed by atoms with Crippen molar-refractivity contribution in [3.63, 3.8) is 0 Å². The summed E-state index contributed by atoms with van der Waals surface area (Å²) in [5.41, 5.74) is 1.29. The molecule has 37 heavy (non-hydrogen) atoms. The molecule has 1 fully saturated rings. The van der Waals surface area contributed by atoms with Crippen LogP contribution in [0.3, 0.4) is 0 Å². The molecule has 2 N–H and O–H groups in total. The second-order valence-electron chi connectivity index (χ2n) is 8.87. The van der Waals surface area contributed by atoms with E-state index in [1.165, 1.54) is 17.2 Å². The first kappa shape index (κ1) is 24.4. The van der Waals surface area contributed by atoms with Crippen molar-refractivity contribution in [3.05, 3.63) is 83.2 Å². The summed E-state index contributed by atoms with van der Waals surface area (Å²) in [6.07, 6.45) is 1.80. The summed E-state index contributed by atoms with van der Waals surface area (Å²) in [6, 6.07) is 12.0. The minimum absolute atomic E-state index is 0.0725. The number of amides is 2. The second kappa shape index (κ2) is 9.97. The Hall–Kier alpha value is -4.33. The molecule has 0 spiro atoms. The lowest BCUT2D eigenvalue weighted by Crippen LogP contribution is -2.49. The van der Waals surface area contributed by atoms with Crippen molar-refractivity contribution in [1.82, 2.24) is 15.3 Å². The Balaban J connectivity index is 1.29. The summed E-state index contributed by atoms with van der Waals surface area (Å²) in [7, 11) is 1.59. The van der Waals surface area contributed by atoms with Gasteiger partial charge in [0.15, 0.2) is 5.60 Å². The zero-order valence-corrected chi connectivity index (χ0v) is 19.9. The number of nitrogens with one attached hydrogen (secondary N) is 1. The standard InChI is InChI=1S/C27H23FN4O5/c1-32-22-13-17(7-9-27(35)15-36-16-27)5-6-23(22)37-14-21(26(32)34)31-25(33)20-12-18(8-10-29-20)11-19-3-2-4-24(28)30-19/h2-6,8,10,12-13,21,35H,11,14-16H2,1H3,(H,31,33). The van der Waals surface area contributed by atoms with Gasteiger partial charge in [-0.25, -0.2) is 4.98 Å². The van der Waals surface area contributed by atoms with Gasteiger partial charge in [0.2, 0.25) is 5.95 Å². The molecule has 2 aromatic heterocycles. The number of halogens is 1. The normalized spacial score (nSPS) is 17.9. The largest absolute Gasteiger partial charge is 0.489 e. The van der Waals surface area contributed by atoms with Crippen LogP contribution >= 0.6 is 0 Å². The van der Waals surface area contributed by atoms with Crippen LogP contribution in [0.4, 0.5) is 10.1 Å². The number of anilines is 1. The zero-order valence-electron chi connectivity index (χ0n) is 19.9. The second-order valence-corrected chi connectivity index (χ2v) is 8.87. The van der Waals surface area contributed by atoms with E-state index in [4.69, 9.17) is 9.47 Å². The first-order valence-corrected chi connectivity index (χ1v) is 11.5. The highest BCUT2D eigenvalue weighted by atomic mass is 19.1. The number of carbonyl (C=O) groups is 2. The predicted molar refractivity (Wildman–Crippen MR) is 130 cm³/mol. The van der Waals surface area contributed by atoms with Crippen molar-refractivity contribution in [2.45, 2.75) is 18.1 Å². The number of aromatic nitrogens is 2. The Bertz CT molecular complexity index is 1430. The Morgan fingerprint density at radius 1 is 1.27 bits per heavy atom. The van der Waals surface area contributed by atoms with Crippen LogP contribution in [0.2, 0.25) is 0 Å². The molecule has 2 amide bonds. The molecule has 0 aliphatic carbocycles. The van der Waals surface area contributed by atoms with Gasteiger partial charge in [0, 0.05) is 30.9 Å². The van der Waals surface area contributed by atoms with Crippen LogP contribution in [-0.4, -0.2) is 65.4 Å². The van der Waals surface area contributed by atoms with Gasteiger partial charge in [-0.05, 0) is 48.0 Å². The first-order chi connectivity index (χ1) is 17.8. The Morgan fingerprint density at radius 2 is 2.11 bits per heavy atom. The number of benzene rings is 1. The monoisotopic (exact) mass is 502 g/mol. The fourth-order valence-electron chi connectivity index (χ4n) is 3.93. The maximum Gasteiger partial charge on any atom is 0.270 e. The number of likely N-dealkylation sites (N-methyl/N-ethyl adjacent to an activating group) is 1. The molecule has 188 valence electrons. The number of pyridine rings is 2. The van der Waals surface area contributed by atoms with E-state index >= 15 is 0 Å². The van der Waals surface area contributed by atoms with E-state index in [1.54, 1.807) is 49.5 Å². The summed E-state index contributed by atoms with van der Waals surface area (Å²) >= 11 is 0. The molecule has 5 rings (SSSR count). The van der Waals surface area contributed by atoms with Gasteiger partial charge in [-0.2, -0.15) is 4.39 Å². The van der Waals surface area contributed by atoms with Gasteiger partial charge >= 0.3 is 0 Å². The van der Waals surface area contributed by atoms with Crippen molar-refractivity contribution >= 4 is 17.5 Å². The first-order valence-electron chi connectivity index (χ1n) is 11.5. The van der Waals surface area contributed by atoms with Crippen LogP contribution in [0.1, 0.15) is 27.3 Å². The molecule has 2 aliphatic heterocycles. The number of rotatable bonds is 4. The third kappa shape index (κ3) is 5.43. The Morgan fingerprint density at radius 3 is 2.86 bits per heavy atom. The molecule has 1 unspecified atom stereocenters. The maximum absolute atomic E-state index is 13.4. The fourth-order valence-corrected chi connectivity index (χ4v) is 3.93. The molecular weight excluding hydrogens is 479 g/mol. The third-order valence-corrected chi connectivity index (χ3v) is 6.00. The van der Waals surface area contributed by atoms with Gasteiger partial charge in [0.1, 0.15) is 24.1 Å². The van der Waals surface area contributed by atoms with Gasteiger partial charge in [-0.1, -0.05) is 17.9 Å². The van der Waals surface area contributed by atoms with Crippen LogP contribution in [0, 0.1) is 17.8 Å². The highest BCUT2D eigenvalue weighted by Crippen LogP contribution is 2.31. The fraction of sp³-hybridized carbons (Fsp3) is 0.259. The molecule has 0 bridgehead atoms. The number of ether oxygens (including phenoxy) is 2. The van der Waals surface area contributed by atoms with E-state index < -0.39 is 23.5 Å². The van der Waals surface area contributed by atoms with E-state index in [-0.39, 0.29) is 31.4 Å². The van der Waals surface area contributed by atoms with Crippen molar-refractivity contribution in [2.75, 3.05) is 31.8 Å². The lowest BCUT2D eigenvalue weighted by Gasteiger charge is -2.30. The Kier molecular flexibility index (Phi) is 6.56. The van der Waals surface area contributed by atoms with Gasteiger partial charge in [0.05, 0.1) is 18.9 Å². The van der Waals surface area contributed by atoms with E-state index in [1.807, 2.05) is 0 Å². The minimum Gasteiger partial charge on any atom is -0.489 e. The van der Waals surface area contributed by atoms with Crippen molar-refractivity contribution in [3.8, 4) is 17.6 Å². The van der Waals surface area contributed by atoms with Crippen LogP contribution in [0.15, 0.2) is 54.7 Å². The van der Waals surface area contributed by atoms with E-state index in [0.717, 1.165) is 5.56 Å². The molecular formula is C27H23FN4O5. The average Bonchev–Trinajstić information content (AvgIpc) is 2.98. The van der Waals surface area contributed by atoms with Crippen LogP contribution in [0.5, 0.6) is 5.75 Å². The molecule has 2 aliphatic rings. The van der Waals surface area contributed by atoms with Gasteiger partial charge in [-0.15, -0.1) is 0 Å². The quantitative estimate of drug-likeness (QED) is 0.410. The summed E-state index contributed by atoms with van der Waals surface area (Å²) in [5.74, 6) is 4.66. The maximum atomic E-state index is 13.4. The lowest BCUT2D eigenvalue weighted by molar-refractivity contribution is -0.140. The average molecular weight is 503 g/mol. The highest BCUT2D eigenvalue weighted by Gasteiger charge is 2.34. The molecule has 3 aromatic rings. The molecule has 1 atom stereocenters. The van der Waals surface area contributed by atoms with Crippen LogP contribution < -0.4 is 15.0 Å². The van der Waals surface area contributed by atoms with E-state index in [0.29, 0.717) is 29.1 Å². The minimum atomic E-state index is -1.15. The highest BCUT2D eigenvalue weighted by molar-refractivity contribution is 6.03. The number of hydrogen-bond acceptors (Lipinski definition) is 7. The third-order valence-electron chi connectivity index (χ3n) is 6.00. The molecule has 10 heteroatoms. The number of aliphatic hydroxyl groups is 1. The molecule has 0 saturated carbocycles. The van der Waals surface area contributed by atoms with Crippen LogP contribution in [0.25, 0.3) is 0 Å². The number of fused-ring (bicyclic) bond motifs is 1. The smallest absolute Gasteiger partial charge is 0.270 e. The molecule has 1 aromatic carbocycles. The number of nitrogens with zero attached hydrogens (tertiary/aromatic N) is 3. The lowest BCUT2D eigenvalue weighted by atomic mass is 10.0. The Labute approximate surface area is 212 Å². The summed E-state index contributed by atoms with van der Waals surface area (Å²) in [4.78, 5) is 35.5. The van der Waals surface area contributed by atoms with Crippen molar-refractivity contribution in [1.29, 1.82) is 0 Å². The molecule has 9 nitrogen and oxygen atoms in total. The van der Waals surface area contributed by atoms with Crippen LogP contribution in [-0.2, 0) is 16.0 Å². The summed E-state index contributed by atoms with van der Waals surface area (Å²) in [5, 5.41) is 12.8. The zero-order chi connectivity index (χ0) is 26.0. The summed E-state index contributed by atoms with van der Waals surface area (Å²) in [6.45, 7) is 0.248. The van der Waals surface area contributed by atoms with E-state index in [2.05, 4.69) is 27.1 Å². The van der Waals surface area contributed by atoms with E-state index in [9.17, 15) is 19.1 Å². The molecule has 4 heterocycles. The number of hydrogen-bond donors (Lipinski definition) is 2. The van der Waals surface area contributed by atoms with Crippen molar-refractivity contribution in [2.24, 2.45) is 0 Å². The number of carbonyl (C=O) groups excluding carboxylic acids is 2. The van der Waals surface area contributed by atoms with Gasteiger partial charge < -0.3 is 24.8 Å². The van der Waals surface area contributed by atoms with Crippen molar-refractivity contribution < 1.29 is 28.6 Å². The predicted octanol–water partition coefficient (Wildman–Crippen LogP) is 1.47. The SMILES string of the molecule is CN1C(=O)C(NC(=O)c2cc(Cc3cccc(F)n3)ccn2)COc2ccc(C#CC3(O)COC3)cc21. The molecule has 1 saturated heterocycles. The van der Waals surface area contributed by atoms with Gasteiger partial charge in [0.25, 0.3) is 11.8 Å². The topological polar surface area (TPSA) is 114 Å².